The molecule has 0 saturated carbocycles. The van der Waals surface area contributed by atoms with Gasteiger partial charge in [-0.25, -0.2) is 0 Å². The molecule has 0 unspecified atom stereocenters. The zero-order valence-electron chi connectivity index (χ0n) is 12.4. The summed E-state index contributed by atoms with van der Waals surface area (Å²) in [6.07, 6.45) is -0.00533. The molecule has 112 valence electrons. The molecule has 0 fully saturated rings. The van der Waals surface area contributed by atoms with E-state index in [1.54, 1.807) is 13.8 Å². The number of benzene rings is 1. The second-order valence-corrected chi connectivity index (χ2v) is 5.10. The van der Waals surface area contributed by atoms with Gasteiger partial charge in [0.15, 0.2) is 5.76 Å². The van der Waals surface area contributed by atoms with Gasteiger partial charge in [-0.3, -0.25) is 9.59 Å². The molecule has 0 aliphatic rings. The number of ether oxygens (including phenoxy) is 1. The average molecular weight is 289 g/mol. The molecule has 0 saturated heterocycles. The van der Waals surface area contributed by atoms with Crippen LogP contribution in [0.5, 0.6) is 0 Å². The molecule has 5 nitrogen and oxygen atoms in total. The third kappa shape index (κ3) is 3.62. The molecule has 2 rings (SSSR count). The molecule has 1 N–H and O–H groups in total. The van der Waals surface area contributed by atoms with Gasteiger partial charge in [0.1, 0.15) is 5.58 Å². The van der Waals surface area contributed by atoms with Crippen molar-refractivity contribution in [3.05, 3.63) is 35.6 Å². The van der Waals surface area contributed by atoms with Crippen LogP contribution in [0.2, 0.25) is 0 Å². The zero-order valence-corrected chi connectivity index (χ0v) is 12.4. The first-order valence-electron chi connectivity index (χ1n) is 6.95. The SMILES string of the molecule is Cc1c(C(=O)NCCC(=O)OC(C)C)oc2ccccc12. The van der Waals surface area contributed by atoms with Crippen molar-refractivity contribution in [1.82, 2.24) is 5.32 Å². The Kier molecular flexibility index (Phi) is 4.62. The second kappa shape index (κ2) is 6.43. The first-order chi connectivity index (χ1) is 9.99. The van der Waals surface area contributed by atoms with Crippen molar-refractivity contribution in [3.63, 3.8) is 0 Å². The largest absolute Gasteiger partial charge is 0.463 e. The molecule has 1 aromatic heterocycles. The van der Waals surface area contributed by atoms with E-state index in [4.69, 9.17) is 9.15 Å². The highest BCUT2D eigenvalue weighted by Crippen LogP contribution is 2.24. The van der Waals surface area contributed by atoms with E-state index in [9.17, 15) is 9.59 Å². The first-order valence-corrected chi connectivity index (χ1v) is 6.95. The number of furan rings is 1. The number of para-hydroxylation sites is 1. The zero-order chi connectivity index (χ0) is 15.4. The van der Waals surface area contributed by atoms with Crippen molar-refractivity contribution in [2.24, 2.45) is 0 Å². The van der Waals surface area contributed by atoms with Crippen LogP contribution in [0.4, 0.5) is 0 Å². The lowest BCUT2D eigenvalue weighted by Crippen LogP contribution is -2.27. The minimum absolute atomic E-state index is 0.142. The third-order valence-corrected chi connectivity index (χ3v) is 3.03. The van der Waals surface area contributed by atoms with Crippen molar-refractivity contribution in [3.8, 4) is 0 Å². The van der Waals surface area contributed by atoms with Crippen molar-refractivity contribution in [1.29, 1.82) is 0 Å². The standard InChI is InChI=1S/C16H19NO4/c1-10(2)20-14(18)8-9-17-16(19)15-11(3)12-6-4-5-7-13(12)21-15/h4-7,10H,8-9H2,1-3H3,(H,17,19). The second-order valence-electron chi connectivity index (χ2n) is 5.10. The van der Waals surface area contributed by atoms with Gasteiger partial charge in [-0.15, -0.1) is 0 Å². The number of carbonyl (C=O) groups is 2. The van der Waals surface area contributed by atoms with Crippen LogP contribution in [0, 0.1) is 6.92 Å². The van der Waals surface area contributed by atoms with E-state index in [1.165, 1.54) is 0 Å². The lowest BCUT2D eigenvalue weighted by molar-refractivity contribution is -0.147. The van der Waals surface area contributed by atoms with E-state index in [0.717, 1.165) is 10.9 Å². The van der Waals surface area contributed by atoms with Gasteiger partial charge in [0.25, 0.3) is 5.91 Å². The number of esters is 1. The summed E-state index contributed by atoms with van der Waals surface area (Å²) in [6.45, 7) is 5.64. The summed E-state index contributed by atoms with van der Waals surface area (Å²) in [5, 5.41) is 3.59. The summed E-state index contributed by atoms with van der Waals surface area (Å²) in [6, 6.07) is 7.48. The summed E-state index contributed by atoms with van der Waals surface area (Å²) in [4.78, 5) is 23.5. The lowest BCUT2D eigenvalue weighted by atomic mass is 10.1. The van der Waals surface area contributed by atoms with E-state index in [2.05, 4.69) is 5.32 Å². The van der Waals surface area contributed by atoms with Crippen molar-refractivity contribution >= 4 is 22.8 Å². The van der Waals surface area contributed by atoms with Crippen LogP contribution in [0.1, 0.15) is 36.4 Å². The minimum atomic E-state index is -0.327. The molecular weight excluding hydrogens is 270 g/mol. The summed E-state index contributed by atoms with van der Waals surface area (Å²) in [5.41, 5.74) is 1.48. The Morgan fingerprint density at radius 3 is 2.67 bits per heavy atom. The molecule has 1 heterocycles. The van der Waals surface area contributed by atoms with Gasteiger partial charge in [-0.1, -0.05) is 18.2 Å². The fourth-order valence-corrected chi connectivity index (χ4v) is 2.07. The van der Waals surface area contributed by atoms with Crippen LogP contribution < -0.4 is 5.32 Å². The summed E-state index contributed by atoms with van der Waals surface area (Å²) in [7, 11) is 0. The Bertz CT molecular complexity index is 657. The number of carbonyl (C=O) groups excluding carboxylic acids is 2. The van der Waals surface area contributed by atoms with Gasteiger partial charge >= 0.3 is 5.97 Å². The van der Waals surface area contributed by atoms with Crippen LogP contribution >= 0.6 is 0 Å². The first kappa shape index (κ1) is 15.1. The van der Waals surface area contributed by atoms with Gasteiger partial charge in [0, 0.05) is 17.5 Å². The van der Waals surface area contributed by atoms with E-state index < -0.39 is 0 Å². The van der Waals surface area contributed by atoms with E-state index in [-0.39, 0.29) is 36.7 Å². The number of aryl methyl sites for hydroxylation is 1. The average Bonchev–Trinajstić information content (AvgIpc) is 2.76. The Morgan fingerprint density at radius 1 is 1.29 bits per heavy atom. The topological polar surface area (TPSA) is 68.5 Å². The maximum absolute atomic E-state index is 12.1. The molecular formula is C16H19NO4. The van der Waals surface area contributed by atoms with E-state index in [1.807, 2.05) is 31.2 Å². The molecule has 1 aromatic carbocycles. The molecule has 1 amide bonds. The molecule has 0 bridgehead atoms. The van der Waals surface area contributed by atoms with Crippen LogP contribution in [0.15, 0.2) is 28.7 Å². The van der Waals surface area contributed by atoms with Gasteiger partial charge in [-0.2, -0.15) is 0 Å². The number of rotatable bonds is 5. The maximum atomic E-state index is 12.1. The van der Waals surface area contributed by atoms with Crippen molar-refractivity contribution < 1.29 is 18.7 Å². The smallest absolute Gasteiger partial charge is 0.307 e. The van der Waals surface area contributed by atoms with Gasteiger partial charge < -0.3 is 14.5 Å². The molecule has 21 heavy (non-hydrogen) atoms. The maximum Gasteiger partial charge on any atom is 0.307 e. The monoisotopic (exact) mass is 289 g/mol. The predicted molar refractivity (Wildman–Crippen MR) is 79.1 cm³/mol. The predicted octanol–water partition coefficient (Wildman–Crippen LogP) is 2.81. The molecule has 0 aliphatic heterocycles. The van der Waals surface area contributed by atoms with E-state index in [0.29, 0.717) is 5.58 Å². The minimum Gasteiger partial charge on any atom is -0.463 e. The Labute approximate surface area is 123 Å². The fraction of sp³-hybridized carbons (Fsp3) is 0.375. The Hall–Kier alpha value is -2.30. The fourth-order valence-electron chi connectivity index (χ4n) is 2.07. The number of fused-ring (bicyclic) bond motifs is 1. The van der Waals surface area contributed by atoms with Gasteiger partial charge in [-0.05, 0) is 26.8 Å². The number of nitrogens with one attached hydrogen (secondary N) is 1. The van der Waals surface area contributed by atoms with Gasteiger partial charge in [0.2, 0.25) is 0 Å². The Balaban J connectivity index is 1.96. The highest BCUT2D eigenvalue weighted by molar-refractivity contribution is 5.98. The Morgan fingerprint density at radius 2 is 2.00 bits per heavy atom. The number of hydrogen-bond donors (Lipinski definition) is 1. The normalized spacial score (nSPS) is 10.9. The molecule has 0 atom stereocenters. The molecule has 0 radical (unpaired) electrons. The van der Waals surface area contributed by atoms with Crippen molar-refractivity contribution in [2.75, 3.05) is 6.54 Å². The van der Waals surface area contributed by atoms with Crippen LogP contribution in [0.25, 0.3) is 11.0 Å². The quantitative estimate of drug-likeness (QED) is 0.859. The van der Waals surface area contributed by atoms with Crippen LogP contribution in [-0.4, -0.2) is 24.5 Å². The third-order valence-electron chi connectivity index (χ3n) is 3.03. The van der Waals surface area contributed by atoms with Crippen LogP contribution in [-0.2, 0) is 9.53 Å². The molecule has 2 aromatic rings. The summed E-state index contributed by atoms with van der Waals surface area (Å²) in [5.74, 6) is -0.360. The molecule has 0 spiro atoms. The van der Waals surface area contributed by atoms with E-state index >= 15 is 0 Å². The highest BCUT2D eigenvalue weighted by atomic mass is 16.5. The van der Waals surface area contributed by atoms with Crippen molar-refractivity contribution in [2.45, 2.75) is 33.3 Å². The highest BCUT2D eigenvalue weighted by Gasteiger charge is 2.17. The number of amides is 1. The lowest BCUT2D eigenvalue weighted by Gasteiger charge is -2.08. The molecule has 0 aliphatic carbocycles. The van der Waals surface area contributed by atoms with Gasteiger partial charge in [0.05, 0.1) is 12.5 Å². The summed E-state index contributed by atoms with van der Waals surface area (Å²) >= 11 is 0. The molecule has 5 heteroatoms. The summed E-state index contributed by atoms with van der Waals surface area (Å²) < 4.78 is 10.6. The number of hydrogen-bond acceptors (Lipinski definition) is 4. The van der Waals surface area contributed by atoms with Crippen LogP contribution in [0.3, 0.4) is 0 Å².